The summed E-state index contributed by atoms with van der Waals surface area (Å²) >= 11 is 0. The van der Waals surface area contributed by atoms with E-state index in [2.05, 4.69) is 81.6 Å². The minimum Gasteiger partial charge on any atom is -0.417 e. The van der Waals surface area contributed by atoms with Crippen LogP contribution in [0.2, 0.25) is 36.3 Å². The van der Waals surface area contributed by atoms with Crippen LogP contribution in [0.15, 0.2) is 0 Å². The zero-order valence-electron chi connectivity index (χ0n) is 22.3. The van der Waals surface area contributed by atoms with Crippen LogP contribution < -0.4 is 0 Å². The van der Waals surface area contributed by atoms with E-state index in [1.165, 1.54) is 6.42 Å². The normalized spacial score (nSPS) is 39.8. The Hall–Kier alpha value is 0.274. The molecule has 0 amide bonds. The molecule has 182 valence electrons. The molecule has 4 nitrogen and oxygen atoms in total. The first-order chi connectivity index (χ1) is 13.8. The lowest BCUT2D eigenvalue weighted by atomic mass is 9.61. The molecule has 1 saturated heterocycles. The van der Waals surface area contributed by atoms with Crippen LogP contribution in [-0.2, 0) is 13.6 Å². The van der Waals surface area contributed by atoms with Gasteiger partial charge in [-0.05, 0) is 66.9 Å². The van der Waals surface area contributed by atoms with Crippen molar-refractivity contribution < 1.29 is 18.7 Å². The highest BCUT2D eigenvalue weighted by atomic mass is 28.4. The molecule has 6 heteroatoms. The molecule has 0 radical (unpaired) electrons. The van der Waals surface area contributed by atoms with Gasteiger partial charge in [-0.2, -0.15) is 0 Å². The van der Waals surface area contributed by atoms with Gasteiger partial charge in [-0.1, -0.05) is 55.4 Å². The molecule has 0 aromatic heterocycles. The van der Waals surface area contributed by atoms with E-state index >= 15 is 0 Å². The third-order valence-corrected chi connectivity index (χ3v) is 19.0. The van der Waals surface area contributed by atoms with E-state index in [0.717, 1.165) is 13.0 Å². The first-order valence-electron chi connectivity index (χ1n) is 12.5. The molecule has 1 heterocycles. The molecule has 0 bridgehead atoms. The zero-order valence-corrected chi connectivity index (χ0v) is 24.3. The summed E-state index contributed by atoms with van der Waals surface area (Å²) in [4.78, 5) is 0. The van der Waals surface area contributed by atoms with Crippen LogP contribution in [0.3, 0.4) is 0 Å². The molecule has 0 aromatic rings. The highest BCUT2D eigenvalue weighted by Crippen LogP contribution is 2.64. The average molecular weight is 471 g/mol. The second-order valence-corrected chi connectivity index (χ2v) is 23.6. The molecule has 0 spiro atoms. The van der Waals surface area contributed by atoms with Crippen LogP contribution >= 0.6 is 0 Å². The van der Waals surface area contributed by atoms with E-state index in [-0.39, 0.29) is 33.8 Å². The number of epoxide rings is 1. The van der Waals surface area contributed by atoms with Crippen LogP contribution in [-0.4, -0.2) is 52.8 Å². The fraction of sp³-hybridized carbons (Fsp3) is 1.00. The molecule has 0 unspecified atom stereocenters. The van der Waals surface area contributed by atoms with Gasteiger partial charge in [-0.15, -0.1) is 0 Å². The maximum absolute atomic E-state index is 11.1. The minimum atomic E-state index is -1.98. The van der Waals surface area contributed by atoms with Gasteiger partial charge in [0.15, 0.2) is 16.6 Å². The Balaban J connectivity index is 1.78. The Morgan fingerprint density at radius 2 is 1.55 bits per heavy atom. The van der Waals surface area contributed by atoms with Crippen molar-refractivity contribution in [3.63, 3.8) is 0 Å². The quantitative estimate of drug-likeness (QED) is 0.370. The summed E-state index contributed by atoms with van der Waals surface area (Å²) < 4.78 is 19.7. The molecule has 2 saturated carbocycles. The monoisotopic (exact) mass is 470 g/mol. The number of aliphatic hydroxyl groups excluding tert-OH is 1. The van der Waals surface area contributed by atoms with Crippen LogP contribution in [0, 0.1) is 23.2 Å². The Labute approximate surface area is 194 Å². The lowest BCUT2D eigenvalue weighted by molar-refractivity contribution is -0.0766. The van der Waals surface area contributed by atoms with Gasteiger partial charge in [0.2, 0.25) is 0 Å². The highest BCUT2D eigenvalue weighted by Gasteiger charge is 2.71. The van der Waals surface area contributed by atoms with Crippen molar-refractivity contribution in [2.24, 2.45) is 23.2 Å². The van der Waals surface area contributed by atoms with Crippen LogP contribution in [0.5, 0.6) is 0 Å². The Morgan fingerprint density at radius 1 is 1.00 bits per heavy atom. The number of ether oxygens (including phenoxy) is 1. The van der Waals surface area contributed by atoms with E-state index in [0.29, 0.717) is 17.8 Å². The number of hydrogen-bond acceptors (Lipinski definition) is 4. The average Bonchev–Trinajstić information content (AvgIpc) is 3.33. The lowest BCUT2D eigenvalue weighted by Gasteiger charge is -2.49. The molecule has 3 aliphatic rings. The molecule has 3 fully saturated rings. The smallest absolute Gasteiger partial charge is 0.192 e. The summed E-state index contributed by atoms with van der Waals surface area (Å²) in [5.74, 6) is 1.40. The Morgan fingerprint density at radius 3 is 2.06 bits per heavy atom. The number of aliphatic hydroxyl groups is 1. The van der Waals surface area contributed by atoms with Crippen molar-refractivity contribution in [1.29, 1.82) is 0 Å². The third-order valence-electron chi connectivity index (χ3n) is 10.0. The van der Waals surface area contributed by atoms with Gasteiger partial charge >= 0.3 is 0 Å². The van der Waals surface area contributed by atoms with Crippen molar-refractivity contribution in [1.82, 2.24) is 0 Å². The number of hydrogen-bond donors (Lipinski definition) is 1. The van der Waals surface area contributed by atoms with Crippen molar-refractivity contribution in [2.75, 3.05) is 6.61 Å². The Bertz CT molecular complexity index is 665. The number of rotatable bonds is 6. The zero-order chi connectivity index (χ0) is 23.8. The molecular formula is C25H50O4Si2. The first-order valence-corrected chi connectivity index (χ1v) is 18.3. The SMILES string of the molecule is C[C@H](CO[Si](C)(C)C(C)(C)C)[C@H]1CC[C@H]2[C@@H](O[Si](C)(C)C(C)(C)C)[C@H](O)[C@@H]3O[C@@H]3[C@]12C. The van der Waals surface area contributed by atoms with Crippen molar-refractivity contribution in [3.8, 4) is 0 Å². The lowest BCUT2D eigenvalue weighted by Crippen LogP contribution is -2.58. The molecular weight excluding hydrogens is 420 g/mol. The van der Waals surface area contributed by atoms with E-state index < -0.39 is 22.7 Å². The van der Waals surface area contributed by atoms with Gasteiger partial charge in [0.1, 0.15) is 12.2 Å². The van der Waals surface area contributed by atoms with E-state index in [1.54, 1.807) is 0 Å². The van der Waals surface area contributed by atoms with Gasteiger partial charge < -0.3 is 18.7 Å². The number of fused-ring (bicyclic) bond motifs is 3. The molecule has 0 aromatic carbocycles. The van der Waals surface area contributed by atoms with Crippen LogP contribution in [0.25, 0.3) is 0 Å². The summed E-state index contributed by atoms with van der Waals surface area (Å²) in [5, 5.41) is 11.5. The van der Waals surface area contributed by atoms with E-state index in [9.17, 15) is 5.11 Å². The maximum Gasteiger partial charge on any atom is 0.192 e. The van der Waals surface area contributed by atoms with Crippen molar-refractivity contribution >= 4 is 16.6 Å². The topological polar surface area (TPSA) is 51.2 Å². The van der Waals surface area contributed by atoms with Gasteiger partial charge in [0.05, 0.1) is 12.2 Å². The highest BCUT2D eigenvalue weighted by molar-refractivity contribution is 6.74. The first kappa shape index (κ1) is 25.9. The summed E-state index contributed by atoms with van der Waals surface area (Å²) in [6, 6.07) is 0. The molecule has 3 rings (SSSR count). The van der Waals surface area contributed by atoms with E-state index in [1.807, 2.05) is 0 Å². The third kappa shape index (κ3) is 4.39. The predicted octanol–water partition coefficient (Wildman–Crippen LogP) is 6.21. The molecule has 1 aliphatic heterocycles. The second kappa shape index (κ2) is 7.91. The Kier molecular flexibility index (Phi) is 6.60. The van der Waals surface area contributed by atoms with Crippen LogP contribution in [0.1, 0.15) is 68.2 Å². The van der Waals surface area contributed by atoms with Gasteiger partial charge in [0.25, 0.3) is 0 Å². The summed E-state index contributed by atoms with van der Waals surface area (Å²) in [6.07, 6.45) is 1.83. The summed E-state index contributed by atoms with van der Waals surface area (Å²) in [6.45, 7) is 28.7. The summed E-state index contributed by atoms with van der Waals surface area (Å²) in [7, 11) is -3.74. The second-order valence-electron chi connectivity index (χ2n) is 14.1. The fourth-order valence-electron chi connectivity index (χ4n) is 5.74. The van der Waals surface area contributed by atoms with Crippen molar-refractivity contribution in [3.05, 3.63) is 0 Å². The molecule has 8 atom stereocenters. The molecule has 1 N–H and O–H groups in total. The summed E-state index contributed by atoms with van der Waals surface area (Å²) in [5.41, 5.74) is 0.0626. The van der Waals surface area contributed by atoms with Gasteiger partial charge in [-0.25, -0.2) is 0 Å². The standard InChI is InChI=1S/C25H50O4Si2/c1-16(15-27-30(9,10)23(2,3)4)17-13-14-18-20(29-31(11,12)24(5,6)7)19(26)21-22(28-21)25(17,18)8/h16-22,26H,13-15H2,1-12H3/t16-,17-,18+,19+,20-,21+,22+,25-/m1/s1. The maximum atomic E-state index is 11.1. The molecule has 31 heavy (non-hydrogen) atoms. The van der Waals surface area contributed by atoms with Crippen molar-refractivity contribution in [2.45, 2.75) is 129 Å². The van der Waals surface area contributed by atoms with Gasteiger partial charge in [-0.3, -0.25) is 0 Å². The molecule has 2 aliphatic carbocycles. The minimum absolute atomic E-state index is 0.0508. The predicted molar refractivity (Wildman–Crippen MR) is 133 cm³/mol. The van der Waals surface area contributed by atoms with Gasteiger partial charge in [0, 0.05) is 12.0 Å². The van der Waals surface area contributed by atoms with Crippen LogP contribution in [0.4, 0.5) is 0 Å². The largest absolute Gasteiger partial charge is 0.417 e. The fourth-order valence-corrected chi connectivity index (χ4v) is 8.19. The van der Waals surface area contributed by atoms with E-state index in [4.69, 9.17) is 13.6 Å².